The third-order valence-corrected chi connectivity index (χ3v) is 8.20. The molecule has 1 N–H and O–H groups in total. The second kappa shape index (κ2) is 8.29. The molecule has 2 aliphatic rings. The van der Waals surface area contributed by atoms with Gasteiger partial charge in [-0.15, -0.1) is 18.2 Å². The maximum Gasteiger partial charge on any atom is 0.193 e. The quantitative estimate of drug-likeness (QED) is 0.356. The van der Waals surface area contributed by atoms with Crippen molar-refractivity contribution in [3.05, 3.63) is 0 Å². The molecular weight excluding hydrogens is 330 g/mol. The first-order chi connectivity index (χ1) is 11.0. The van der Waals surface area contributed by atoms with Gasteiger partial charge < -0.3 is 10.2 Å². The highest BCUT2D eigenvalue weighted by Gasteiger charge is 2.48. The minimum atomic E-state index is -3.00. The zero-order valence-corrected chi connectivity index (χ0v) is 15.5. The summed E-state index contributed by atoms with van der Waals surface area (Å²) in [6, 6.07) is 0. The topological polar surface area (TPSA) is 61.8 Å². The van der Waals surface area contributed by atoms with Crippen LogP contribution in [0.25, 0.3) is 0 Å². The Morgan fingerprint density at radius 1 is 1.39 bits per heavy atom. The van der Waals surface area contributed by atoms with E-state index >= 15 is 0 Å². The van der Waals surface area contributed by atoms with E-state index in [1.165, 1.54) is 0 Å². The van der Waals surface area contributed by atoms with Gasteiger partial charge >= 0.3 is 0 Å². The Bertz CT molecular complexity index is 560. The molecule has 0 unspecified atom stereocenters. The van der Waals surface area contributed by atoms with Gasteiger partial charge in [0.15, 0.2) is 15.8 Å². The summed E-state index contributed by atoms with van der Waals surface area (Å²) in [5.74, 6) is 5.29. The van der Waals surface area contributed by atoms with E-state index in [0.717, 1.165) is 50.4 Å². The van der Waals surface area contributed by atoms with Crippen molar-refractivity contribution in [2.45, 2.75) is 36.9 Å². The van der Waals surface area contributed by atoms with Crippen molar-refractivity contribution in [1.29, 1.82) is 0 Å². The first-order valence-electron chi connectivity index (χ1n) is 8.24. The molecule has 1 spiro atoms. The van der Waals surface area contributed by atoms with Gasteiger partial charge in [0.1, 0.15) is 0 Å². The zero-order valence-electron chi connectivity index (χ0n) is 13.9. The first-order valence-corrected chi connectivity index (χ1v) is 11.0. The Labute approximate surface area is 144 Å². The fraction of sp³-hybridized carbons (Fsp3) is 0.812. The van der Waals surface area contributed by atoms with Crippen LogP contribution in [0.5, 0.6) is 0 Å². The molecule has 0 aromatic carbocycles. The molecule has 7 heteroatoms. The van der Waals surface area contributed by atoms with Crippen molar-refractivity contribution in [2.24, 2.45) is 4.99 Å². The summed E-state index contributed by atoms with van der Waals surface area (Å²) in [5.41, 5.74) is 0. The Morgan fingerprint density at radius 2 is 2.13 bits per heavy atom. The molecule has 23 heavy (non-hydrogen) atoms. The minimum Gasteiger partial charge on any atom is -0.355 e. The van der Waals surface area contributed by atoms with Gasteiger partial charge in [0.2, 0.25) is 0 Å². The standard InChI is InChI=1S/C16H27N3O2S2/c1-3-11-22-12-9-18-15(17-2)19-10-13-23(20,21)16(14-19)7-5-4-6-8-16/h1H,4-14H2,2H3,(H,17,18). The number of nitrogens with one attached hydrogen (secondary N) is 1. The summed E-state index contributed by atoms with van der Waals surface area (Å²) < 4.78 is 24.7. The second-order valence-corrected chi connectivity index (χ2v) is 9.82. The van der Waals surface area contributed by atoms with Crippen LogP contribution >= 0.6 is 11.8 Å². The van der Waals surface area contributed by atoms with E-state index in [0.29, 0.717) is 18.8 Å². The van der Waals surface area contributed by atoms with Crippen LogP contribution in [0, 0.1) is 12.3 Å². The predicted molar refractivity (Wildman–Crippen MR) is 98.7 cm³/mol. The summed E-state index contributed by atoms with van der Waals surface area (Å²) in [7, 11) is -1.25. The number of guanidine groups is 1. The van der Waals surface area contributed by atoms with Crippen molar-refractivity contribution in [3.8, 4) is 12.3 Å². The molecule has 1 saturated carbocycles. The molecular formula is C16H27N3O2S2. The highest BCUT2D eigenvalue weighted by atomic mass is 32.2. The van der Waals surface area contributed by atoms with E-state index in [4.69, 9.17) is 6.42 Å². The van der Waals surface area contributed by atoms with E-state index in [-0.39, 0.29) is 5.75 Å². The molecule has 0 aromatic heterocycles. The van der Waals surface area contributed by atoms with Gasteiger partial charge in [-0.1, -0.05) is 25.2 Å². The summed E-state index contributed by atoms with van der Waals surface area (Å²) in [4.78, 5) is 6.47. The molecule has 1 aliphatic heterocycles. The van der Waals surface area contributed by atoms with Gasteiger partial charge in [0.25, 0.3) is 0 Å². The van der Waals surface area contributed by atoms with Crippen LogP contribution in [0.1, 0.15) is 32.1 Å². The zero-order chi connectivity index (χ0) is 16.8. The number of sulfone groups is 1. The van der Waals surface area contributed by atoms with Crippen LogP contribution in [0.15, 0.2) is 4.99 Å². The summed E-state index contributed by atoms with van der Waals surface area (Å²) in [6.45, 7) is 1.89. The monoisotopic (exact) mass is 357 g/mol. The number of hydrogen-bond acceptors (Lipinski definition) is 4. The van der Waals surface area contributed by atoms with Crippen LogP contribution in [-0.2, 0) is 9.84 Å². The fourth-order valence-corrected chi connectivity index (χ4v) is 6.18. The number of nitrogens with zero attached hydrogens (tertiary/aromatic N) is 2. The lowest BCUT2D eigenvalue weighted by Crippen LogP contribution is -2.60. The van der Waals surface area contributed by atoms with Crippen molar-refractivity contribution >= 4 is 27.6 Å². The second-order valence-electron chi connectivity index (χ2n) is 6.21. The van der Waals surface area contributed by atoms with E-state index in [1.54, 1.807) is 18.8 Å². The van der Waals surface area contributed by atoms with Crippen molar-refractivity contribution in [1.82, 2.24) is 10.2 Å². The number of thioether (sulfide) groups is 1. The molecule has 1 saturated heterocycles. The molecule has 2 fully saturated rings. The van der Waals surface area contributed by atoms with E-state index in [1.807, 2.05) is 0 Å². The SMILES string of the molecule is C#CCSCCNC(=NC)N1CCS(=O)(=O)C2(CCCCC2)C1. The van der Waals surface area contributed by atoms with Crippen LogP contribution in [0.2, 0.25) is 0 Å². The van der Waals surface area contributed by atoms with Gasteiger partial charge in [0, 0.05) is 32.4 Å². The average molecular weight is 358 g/mol. The Hall–Kier alpha value is -0.870. The van der Waals surface area contributed by atoms with Gasteiger partial charge in [0.05, 0.1) is 16.3 Å². The fourth-order valence-electron chi connectivity index (χ4n) is 3.52. The van der Waals surface area contributed by atoms with Crippen LogP contribution in [0.4, 0.5) is 0 Å². The Morgan fingerprint density at radius 3 is 2.78 bits per heavy atom. The highest BCUT2D eigenvalue weighted by molar-refractivity contribution is 7.99. The maximum absolute atomic E-state index is 12.6. The van der Waals surface area contributed by atoms with Crippen molar-refractivity contribution < 1.29 is 8.42 Å². The summed E-state index contributed by atoms with van der Waals surface area (Å²) in [5, 5.41) is 3.34. The molecule has 130 valence electrons. The molecule has 0 bridgehead atoms. The van der Waals surface area contributed by atoms with Crippen LogP contribution < -0.4 is 5.32 Å². The summed E-state index contributed by atoms with van der Waals surface area (Å²) in [6.07, 6.45) is 10.0. The van der Waals surface area contributed by atoms with Gasteiger partial charge in [-0.3, -0.25) is 4.99 Å². The van der Waals surface area contributed by atoms with Gasteiger partial charge in [-0.25, -0.2) is 8.42 Å². The van der Waals surface area contributed by atoms with Gasteiger partial charge in [-0.2, -0.15) is 0 Å². The Kier molecular flexibility index (Phi) is 6.66. The predicted octanol–water partition coefficient (Wildman–Crippen LogP) is 1.36. The lowest BCUT2D eigenvalue weighted by atomic mass is 9.87. The van der Waals surface area contributed by atoms with Crippen molar-refractivity contribution in [3.63, 3.8) is 0 Å². The normalized spacial score (nSPS) is 23.5. The Balaban J connectivity index is 1.98. The van der Waals surface area contributed by atoms with E-state index in [2.05, 4.69) is 21.1 Å². The number of rotatable bonds is 4. The molecule has 0 aromatic rings. The highest BCUT2D eigenvalue weighted by Crippen LogP contribution is 2.38. The molecule has 0 amide bonds. The maximum atomic E-state index is 12.6. The third-order valence-electron chi connectivity index (χ3n) is 4.76. The largest absolute Gasteiger partial charge is 0.355 e. The molecule has 1 aliphatic carbocycles. The molecule has 2 rings (SSSR count). The van der Waals surface area contributed by atoms with Crippen LogP contribution in [-0.4, -0.2) is 68.0 Å². The average Bonchev–Trinajstić information content (AvgIpc) is 2.55. The minimum absolute atomic E-state index is 0.236. The van der Waals surface area contributed by atoms with Crippen molar-refractivity contribution in [2.75, 3.05) is 43.9 Å². The molecule has 0 atom stereocenters. The summed E-state index contributed by atoms with van der Waals surface area (Å²) >= 11 is 1.71. The van der Waals surface area contributed by atoms with E-state index < -0.39 is 14.6 Å². The molecule has 5 nitrogen and oxygen atoms in total. The number of terminal acetylenes is 1. The van der Waals surface area contributed by atoms with Crippen LogP contribution in [0.3, 0.4) is 0 Å². The molecule has 1 heterocycles. The third kappa shape index (κ3) is 4.36. The molecule has 0 radical (unpaired) electrons. The lowest BCUT2D eigenvalue weighted by Gasteiger charge is -2.45. The number of aliphatic imine (C=N–C) groups is 1. The number of hydrogen-bond donors (Lipinski definition) is 1. The lowest BCUT2D eigenvalue weighted by molar-refractivity contribution is 0.274. The first kappa shape index (κ1) is 18.5. The van der Waals surface area contributed by atoms with E-state index in [9.17, 15) is 8.42 Å². The van der Waals surface area contributed by atoms with Gasteiger partial charge in [-0.05, 0) is 12.8 Å². The smallest absolute Gasteiger partial charge is 0.193 e.